The van der Waals surface area contributed by atoms with E-state index >= 15 is 0 Å². The fourth-order valence-corrected chi connectivity index (χ4v) is 3.85. The summed E-state index contributed by atoms with van der Waals surface area (Å²) >= 11 is 12.4. The SMILES string of the molecule is O=C(N1CCOCC1)C1(c2ccc(Cl)cc2Cl)CCOCC1. The average molecular weight is 344 g/mol. The van der Waals surface area contributed by atoms with Gasteiger partial charge in [-0.3, -0.25) is 4.79 Å². The molecule has 22 heavy (non-hydrogen) atoms. The van der Waals surface area contributed by atoms with Gasteiger partial charge >= 0.3 is 0 Å². The molecule has 1 aromatic rings. The predicted octanol–water partition coefficient (Wildman–Crippen LogP) is 2.90. The van der Waals surface area contributed by atoms with Crippen molar-refractivity contribution in [2.75, 3.05) is 39.5 Å². The second kappa shape index (κ2) is 6.75. The van der Waals surface area contributed by atoms with E-state index in [-0.39, 0.29) is 5.91 Å². The molecule has 2 aliphatic heterocycles. The molecular weight excluding hydrogens is 325 g/mol. The minimum absolute atomic E-state index is 0.128. The van der Waals surface area contributed by atoms with Gasteiger partial charge in [0.25, 0.3) is 0 Å². The Morgan fingerprint density at radius 1 is 1.05 bits per heavy atom. The zero-order valence-corrected chi connectivity index (χ0v) is 13.8. The first-order chi connectivity index (χ1) is 10.6. The van der Waals surface area contributed by atoms with Gasteiger partial charge in [0.15, 0.2) is 0 Å². The van der Waals surface area contributed by atoms with Crippen molar-refractivity contribution in [2.45, 2.75) is 18.3 Å². The lowest BCUT2D eigenvalue weighted by molar-refractivity contribution is -0.145. The highest BCUT2D eigenvalue weighted by molar-refractivity contribution is 6.35. The van der Waals surface area contributed by atoms with Crippen molar-refractivity contribution in [3.63, 3.8) is 0 Å². The van der Waals surface area contributed by atoms with Crippen LogP contribution in [0.3, 0.4) is 0 Å². The highest BCUT2D eigenvalue weighted by Crippen LogP contribution is 2.41. The molecule has 0 unspecified atom stereocenters. The maximum Gasteiger partial charge on any atom is 0.233 e. The lowest BCUT2D eigenvalue weighted by Gasteiger charge is -2.41. The predicted molar refractivity (Wildman–Crippen MR) is 85.6 cm³/mol. The van der Waals surface area contributed by atoms with Gasteiger partial charge in [0.05, 0.1) is 18.6 Å². The molecule has 2 fully saturated rings. The zero-order valence-electron chi connectivity index (χ0n) is 12.3. The van der Waals surface area contributed by atoms with E-state index < -0.39 is 5.41 Å². The van der Waals surface area contributed by atoms with E-state index in [1.165, 1.54) is 0 Å². The van der Waals surface area contributed by atoms with Gasteiger partial charge in [-0.2, -0.15) is 0 Å². The number of carbonyl (C=O) groups is 1. The van der Waals surface area contributed by atoms with E-state index in [4.69, 9.17) is 32.7 Å². The summed E-state index contributed by atoms with van der Waals surface area (Å²) < 4.78 is 10.8. The summed E-state index contributed by atoms with van der Waals surface area (Å²) in [6.45, 7) is 3.57. The van der Waals surface area contributed by atoms with Crippen LogP contribution in [-0.2, 0) is 19.7 Å². The van der Waals surface area contributed by atoms with E-state index in [0.29, 0.717) is 62.4 Å². The van der Waals surface area contributed by atoms with Crippen LogP contribution >= 0.6 is 23.2 Å². The number of nitrogens with zero attached hydrogens (tertiary/aromatic N) is 1. The van der Waals surface area contributed by atoms with Crippen molar-refractivity contribution < 1.29 is 14.3 Å². The molecule has 0 bridgehead atoms. The molecule has 0 aromatic heterocycles. The lowest BCUT2D eigenvalue weighted by atomic mass is 9.73. The first kappa shape index (κ1) is 16.1. The van der Waals surface area contributed by atoms with Gasteiger partial charge in [-0.25, -0.2) is 0 Å². The molecule has 2 aliphatic rings. The van der Waals surface area contributed by atoms with E-state index in [0.717, 1.165) is 5.56 Å². The van der Waals surface area contributed by atoms with Gasteiger partial charge in [-0.05, 0) is 30.5 Å². The van der Waals surface area contributed by atoms with Crippen LogP contribution in [-0.4, -0.2) is 50.3 Å². The van der Waals surface area contributed by atoms with E-state index in [1.807, 2.05) is 11.0 Å². The fourth-order valence-electron chi connectivity index (χ4n) is 3.26. The molecule has 120 valence electrons. The molecular formula is C16H19Cl2NO3. The summed E-state index contributed by atoms with van der Waals surface area (Å²) in [4.78, 5) is 15.1. The van der Waals surface area contributed by atoms with Crippen LogP contribution in [0.4, 0.5) is 0 Å². The number of ether oxygens (including phenoxy) is 2. The normalized spacial score (nSPS) is 21.6. The number of halogens is 2. The van der Waals surface area contributed by atoms with E-state index in [9.17, 15) is 4.79 Å². The summed E-state index contributed by atoms with van der Waals surface area (Å²) in [6, 6.07) is 5.39. The van der Waals surface area contributed by atoms with Gasteiger partial charge in [-0.1, -0.05) is 29.3 Å². The number of hydrogen-bond acceptors (Lipinski definition) is 3. The second-order valence-corrected chi connectivity index (χ2v) is 6.57. The molecule has 0 aliphatic carbocycles. The van der Waals surface area contributed by atoms with Crippen LogP contribution in [0.5, 0.6) is 0 Å². The molecule has 3 rings (SSSR count). The van der Waals surface area contributed by atoms with Crippen molar-refractivity contribution in [2.24, 2.45) is 0 Å². The molecule has 6 heteroatoms. The van der Waals surface area contributed by atoms with Crippen molar-refractivity contribution >= 4 is 29.1 Å². The quantitative estimate of drug-likeness (QED) is 0.828. The number of rotatable bonds is 2. The van der Waals surface area contributed by atoms with Gasteiger partial charge in [-0.15, -0.1) is 0 Å². The maximum absolute atomic E-state index is 13.2. The summed E-state index contributed by atoms with van der Waals surface area (Å²) in [7, 11) is 0. The van der Waals surface area contributed by atoms with Gasteiger partial charge in [0.1, 0.15) is 0 Å². The van der Waals surface area contributed by atoms with Crippen LogP contribution in [0.15, 0.2) is 18.2 Å². The largest absolute Gasteiger partial charge is 0.381 e. The van der Waals surface area contributed by atoms with Gasteiger partial charge in [0.2, 0.25) is 5.91 Å². The van der Waals surface area contributed by atoms with Crippen LogP contribution in [0.2, 0.25) is 10.0 Å². The fraction of sp³-hybridized carbons (Fsp3) is 0.562. The molecule has 0 spiro atoms. The molecule has 4 nitrogen and oxygen atoms in total. The molecule has 0 radical (unpaired) electrons. The Labute approximate surface area is 140 Å². The van der Waals surface area contributed by atoms with Gasteiger partial charge in [0, 0.05) is 36.3 Å². The third-order valence-electron chi connectivity index (χ3n) is 4.50. The average Bonchev–Trinajstić information content (AvgIpc) is 2.55. The maximum atomic E-state index is 13.2. The third-order valence-corrected chi connectivity index (χ3v) is 5.05. The number of carbonyl (C=O) groups excluding carboxylic acids is 1. The molecule has 0 N–H and O–H groups in total. The van der Waals surface area contributed by atoms with Crippen molar-refractivity contribution in [3.8, 4) is 0 Å². The first-order valence-corrected chi connectivity index (χ1v) is 8.29. The van der Waals surface area contributed by atoms with Gasteiger partial charge < -0.3 is 14.4 Å². The number of hydrogen-bond donors (Lipinski definition) is 0. The Morgan fingerprint density at radius 2 is 1.68 bits per heavy atom. The summed E-state index contributed by atoms with van der Waals surface area (Å²) in [5, 5.41) is 1.13. The molecule has 0 atom stereocenters. The second-order valence-electron chi connectivity index (χ2n) is 5.72. The van der Waals surface area contributed by atoms with Crippen molar-refractivity contribution in [1.29, 1.82) is 0 Å². The molecule has 0 saturated carbocycles. The topological polar surface area (TPSA) is 38.8 Å². The Hall–Kier alpha value is -0.810. The highest BCUT2D eigenvalue weighted by Gasteiger charge is 2.45. The third kappa shape index (κ3) is 2.98. The smallest absolute Gasteiger partial charge is 0.233 e. The van der Waals surface area contributed by atoms with Crippen molar-refractivity contribution in [3.05, 3.63) is 33.8 Å². The molecule has 1 aromatic carbocycles. The van der Waals surface area contributed by atoms with Crippen LogP contribution in [0.25, 0.3) is 0 Å². The monoisotopic (exact) mass is 343 g/mol. The van der Waals surface area contributed by atoms with E-state index in [1.54, 1.807) is 12.1 Å². The summed E-state index contributed by atoms with van der Waals surface area (Å²) in [5.74, 6) is 0.128. The Morgan fingerprint density at radius 3 is 2.32 bits per heavy atom. The highest BCUT2D eigenvalue weighted by atomic mass is 35.5. The molecule has 2 heterocycles. The molecule has 1 amide bonds. The minimum Gasteiger partial charge on any atom is -0.381 e. The van der Waals surface area contributed by atoms with Crippen LogP contribution in [0.1, 0.15) is 18.4 Å². The van der Waals surface area contributed by atoms with Crippen LogP contribution in [0, 0.1) is 0 Å². The Bertz CT molecular complexity index is 552. The lowest BCUT2D eigenvalue weighted by Crippen LogP contribution is -2.53. The number of amides is 1. The molecule has 2 saturated heterocycles. The number of morpholine rings is 1. The van der Waals surface area contributed by atoms with E-state index in [2.05, 4.69) is 0 Å². The zero-order chi connectivity index (χ0) is 15.6. The minimum atomic E-state index is -0.614. The summed E-state index contributed by atoms with van der Waals surface area (Å²) in [6.07, 6.45) is 1.29. The van der Waals surface area contributed by atoms with Crippen molar-refractivity contribution in [1.82, 2.24) is 4.90 Å². The first-order valence-electron chi connectivity index (χ1n) is 7.54. The van der Waals surface area contributed by atoms with Crippen LogP contribution < -0.4 is 0 Å². The summed E-state index contributed by atoms with van der Waals surface area (Å²) in [5.41, 5.74) is 0.246. The number of benzene rings is 1. The Kier molecular flexibility index (Phi) is 4.93. The Balaban J connectivity index is 1.98. The standard InChI is InChI=1S/C16H19Cl2NO3/c17-12-1-2-13(14(18)11-12)16(3-7-21-8-4-16)15(20)19-5-9-22-10-6-19/h1-2,11H,3-10H2.